The summed E-state index contributed by atoms with van der Waals surface area (Å²) in [5.41, 5.74) is 0. The number of hydrogen-bond donors (Lipinski definition) is 6. The van der Waals surface area contributed by atoms with Crippen LogP contribution in [0, 0.1) is 0 Å². The largest absolute Gasteiger partial charge is 1.00 e. The molecule has 0 atom stereocenters. The molecule has 6 rings (SSSR count). The minimum absolute atomic E-state index is 0. The Balaban J connectivity index is -0.000000774. The summed E-state index contributed by atoms with van der Waals surface area (Å²) in [6.07, 6.45) is 0. The van der Waals surface area contributed by atoms with Crippen molar-refractivity contribution in [1.29, 1.82) is 0 Å². The minimum atomic E-state index is -4.47. The Hall–Kier alpha value is -1.44. The summed E-state index contributed by atoms with van der Waals surface area (Å²) in [4.78, 5) is -2.55. The van der Waals surface area contributed by atoms with E-state index in [1.807, 2.05) is 0 Å². The van der Waals surface area contributed by atoms with Crippen molar-refractivity contribution in [1.82, 2.24) is 0 Å². The van der Waals surface area contributed by atoms with Gasteiger partial charge in [0, 0.05) is 16.2 Å². The molecule has 27 heteroatoms. The molecule has 57 heavy (non-hydrogen) atoms. The molecule has 18 nitrogen and oxygen atoms in total. The van der Waals surface area contributed by atoms with Crippen LogP contribution in [-0.4, -0.2) is 77.8 Å². The van der Waals surface area contributed by atoms with Gasteiger partial charge >= 0.3 is 88.7 Å². The van der Waals surface area contributed by atoms with Crippen LogP contribution in [0.25, 0.3) is 32.3 Å². The maximum absolute atomic E-state index is 11.2. The van der Waals surface area contributed by atoms with Crippen molar-refractivity contribution in [3.05, 3.63) is 109 Å². The van der Waals surface area contributed by atoms with Crippen LogP contribution in [0.15, 0.2) is 139 Å². The van der Waals surface area contributed by atoms with E-state index in [2.05, 4.69) is 0 Å². The van der Waals surface area contributed by atoms with Crippen molar-refractivity contribution in [2.45, 2.75) is 29.4 Å². The van der Waals surface area contributed by atoms with Crippen molar-refractivity contribution >= 4 is 93.0 Å². The summed E-state index contributed by atoms with van der Waals surface area (Å²) in [6, 6.07) is 22.8. The molecule has 0 aromatic heterocycles. The summed E-state index contributed by atoms with van der Waals surface area (Å²) < 4.78 is 187. The molecule has 0 aliphatic heterocycles. The molecule has 6 aromatic rings. The van der Waals surface area contributed by atoms with E-state index in [1.54, 1.807) is 18.2 Å². The molecule has 0 radical (unpaired) electrons. The molecular formula is C30H27Na3O18S6. The third kappa shape index (κ3) is 14.1. The number of rotatable bonds is 6. The number of hydrogen-bond acceptors (Lipinski definition) is 12. The molecule has 0 aliphatic rings. The fourth-order valence-corrected chi connectivity index (χ4v) is 8.46. The average molecular weight is 937 g/mol. The second kappa shape index (κ2) is 20.0. The molecule has 0 amide bonds. The first-order chi connectivity index (χ1) is 24.6. The monoisotopic (exact) mass is 936 g/mol. The minimum Gasteiger partial charge on any atom is -1.00 e. The molecule has 0 saturated carbocycles. The Labute approximate surface area is 397 Å². The predicted octanol–water partition coefficient (Wildman–Crippen LogP) is -4.65. The van der Waals surface area contributed by atoms with E-state index in [9.17, 15) is 50.5 Å². The molecule has 0 aliphatic carbocycles. The quantitative estimate of drug-likeness (QED) is 0.0676. The first kappa shape index (κ1) is 53.6. The Morgan fingerprint density at radius 1 is 0.298 bits per heavy atom. The van der Waals surface area contributed by atoms with Gasteiger partial charge in [-0.05, 0) is 70.8 Å². The Kier molecular flexibility index (Phi) is 18.8. The molecular weight excluding hydrogens is 910 g/mol. The second-order valence-electron chi connectivity index (χ2n) is 10.8. The first-order valence-corrected chi connectivity index (χ1v) is 22.7. The van der Waals surface area contributed by atoms with E-state index in [0.29, 0.717) is 16.2 Å². The fraction of sp³-hybridized carbons (Fsp3) is 0. The van der Waals surface area contributed by atoms with Gasteiger partial charge in [-0.3, -0.25) is 27.3 Å². The van der Waals surface area contributed by atoms with E-state index >= 15 is 0 Å². The van der Waals surface area contributed by atoms with Gasteiger partial charge in [0.2, 0.25) is 0 Å². The zero-order valence-electron chi connectivity index (χ0n) is 32.4. The van der Waals surface area contributed by atoms with Crippen molar-refractivity contribution in [2.24, 2.45) is 0 Å². The Bertz CT molecular complexity index is 2840. The van der Waals surface area contributed by atoms with Gasteiger partial charge in [0.15, 0.2) is 0 Å². The van der Waals surface area contributed by atoms with Gasteiger partial charge in [-0.2, -0.15) is 50.5 Å². The van der Waals surface area contributed by atoms with Gasteiger partial charge in [-0.1, -0.05) is 54.6 Å². The summed E-state index contributed by atoms with van der Waals surface area (Å²) in [5.74, 6) is 0. The van der Waals surface area contributed by atoms with Crippen LogP contribution < -0.4 is 88.7 Å². The van der Waals surface area contributed by atoms with Crippen LogP contribution in [0.5, 0.6) is 0 Å². The van der Waals surface area contributed by atoms with Gasteiger partial charge < -0.3 is 4.28 Å². The van der Waals surface area contributed by atoms with Crippen LogP contribution in [0.4, 0.5) is 0 Å². The van der Waals surface area contributed by atoms with Crippen molar-refractivity contribution < 1.29 is 171 Å². The maximum atomic E-state index is 11.2. The Morgan fingerprint density at radius 2 is 0.509 bits per heavy atom. The molecule has 0 heterocycles. The average Bonchev–Trinajstić information content (AvgIpc) is 3.04. The molecule has 294 valence electrons. The van der Waals surface area contributed by atoms with E-state index in [4.69, 9.17) is 27.3 Å². The molecule has 6 N–H and O–H groups in total. The van der Waals surface area contributed by atoms with Gasteiger partial charge in [0.25, 0.3) is 60.7 Å². The van der Waals surface area contributed by atoms with Crippen molar-refractivity contribution in [2.75, 3.05) is 0 Å². The SMILES string of the molecule is O=S(=O)(O)c1ccc2cccc(S(=O)(=O)O)c2c1.O=S(=O)(O)c1ccc2cccc(S(=O)(=O)O)c2c1.O=S(=O)(O)c1ccc2cccc(S(=O)(=O)O)c2c1.[H-].[H-].[H-].[Na+].[Na+].[Na+]. The number of benzene rings is 6. The van der Waals surface area contributed by atoms with Gasteiger partial charge in [-0.15, -0.1) is 0 Å². The molecule has 0 spiro atoms. The fourth-order valence-electron chi connectivity index (χ4n) is 4.83. The summed E-state index contributed by atoms with van der Waals surface area (Å²) in [6.45, 7) is 0. The van der Waals surface area contributed by atoms with Crippen LogP contribution in [0.2, 0.25) is 0 Å². The standard InChI is InChI=1S/3C10H8O6S2.3Na.3H/c3*11-17(12,13)8-5-4-7-2-1-3-10(9(7)6-8)18(14,15)16;;;;;;/h3*1-6H,(H,11,12,13)(H,14,15,16);;;;;;/q;;;3*+1;3*-1. The number of fused-ring (bicyclic) bond motifs is 3. The van der Waals surface area contributed by atoms with E-state index in [0.717, 1.165) is 54.6 Å². The zero-order valence-corrected chi connectivity index (χ0v) is 40.3. The van der Waals surface area contributed by atoms with Gasteiger partial charge in [-0.25, -0.2) is 0 Å². The van der Waals surface area contributed by atoms with Crippen LogP contribution >= 0.6 is 0 Å². The van der Waals surface area contributed by atoms with Gasteiger partial charge in [0.1, 0.15) is 14.7 Å². The van der Waals surface area contributed by atoms with Gasteiger partial charge in [0.05, 0.1) is 14.7 Å². The first-order valence-electron chi connectivity index (χ1n) is 14.0. The van der Waals surface area contributed by atoms with Crippen LogP contribution in [0.1, 0.15) is 4.28 Å². The summed E-state index contributed by atoms with van der Waals surface area (Å²) in [7, 11) is -26.7. The molecule has 0 unspecified atom stereocenters. The second-order valence-corrected chi connectivity index (χ2v) is 19.2. The normalized spacial score (nSPS) is 12.1. The summed E-state index contributed by atoms with van der Waals surface area (Å²) >= 11 is 0. The third-order valence-electron chi connectivity index (χ3n) is 7.17. The van der Waals surface area contributed by atoms with Crippen LogP contribution in [-0.2, 0) is 60.7 Å². The van der Waals surface area contributed by atoms with Crippen LogP contribution in [0.3, 0.4) is 0 Å². The van der Waals surface area contributed by atoms with E-state index in [1.165, 1.54) is 36.4 Å². The Morgan fingerprint density at radius 3 is 0.684 bits per heavy atom. The molecule has 0 bridgehead atoms. The third-order valence-corrected chi connectivity index (χ3v) is 12.5. The maximum Gasteiger partial charge on any atom is 1.00 e. The molecule has 0 saturated heterocycles. The van der Waals surface area contributed by atoms with Crippen molar-refractivity contribution in [3.8, 4) is 0 Å². The smallest absolute Gasteiger partial charge is 1.00 e. The van der Waals surface area contributed by atoms with E-state index in [-0.39, 0.29) is 109 Å². The predicted molar refractivity (Wildman–Crippen MR) is 194 cm³/mol. The van der Waals surface area contributed by atoms with Crippen molar-refractivity contribution in [3.63, 3.8) is 0 Å². The summed E-state index contributed by atoms with van der Waals surface area (Å²) in [5, 5.41) is 1.35. The zero-order chi connectivity index (χ0) is 40.7. The molecule has 0 fully saturated rings. The topological polar surface area (TPSA) is 326 Å². The van der Waals surface area contributed by atoms with E-state index < -0.39 is 90.1 Å². The molecule has 6 aromatic carbocycles.